The molecule has 1 nitrogen and oxygen atoms in total. The molecular formula is C35H32BrNSi. The predicted molar refractivity (Wildman–Crippen MR) is 169 cm³/mol. The van der Waals surface area contributed by atoms with E-state index in [4.69, 9.17) is 0 Å². The van der Waals surface area contributed by atoms with Crippen LogP contribution in [0.2, 0.25) is 13.1 Å². The molecule has 1 aliphatic heterocycles. The average molecular weight is 575 g/mol. The van der Waals surface area contributed by atoms with Gasteiger partial charge in [-0.15, -0.1) is 0 Å². The summed E-state index contributed by atoms with van der Waals surface area (Å²) in [6.07, 6.45) is 0. The fourth-order valence-corrected chi connectivity index (χ4v) is 12.3. The van der Waals surface area contributed by atoms with Crippen molar-refractivity contribution in [2.24, 2.45) is 0 Å². The highest BCUT2D eigenvalue weighted by Gasteiger charge is 2.46. The van der Waals surface area contributed by atoms with Crippen molar-refractivity contribution in [1.29, 1.82) is 0 Å². The zero-order chi connectivity index (χ0) is 26.3. The minimum Gasteiger partial charge on any atom is -0.297 e. The van der Waals surface area contributed by atoms with Gasteiger partial charge in [-0.3, -0.25) is 3.93 Å². The van der Waals surface area contributed by atoms with Gasteiger partial charge in [-0.1, -0.05) is 103 Å². The van der Waals surface area contributed by atoms with Gasteiger partial charge in [0, 0.05) is 11.1 Å². The van der Waals surface area contributed by atoms with Gasteiger partial charge in [-0.25, -0.2) is 0 Å². The van der Waals surface area contributed by atoms with Crippen LogP contribution in [0.15, 0.2) is 102 Å². The summed E-state index contributed by atoms with van der Waals surface area (Å²) in [7, 11) is -2.01. The summed E-state index contributed by atoms with van der Waals surface area (Å²) >= 11 is 4.01. The maximum Gasteiger partial charge on any atom is 0.0931 e. The monoisotopic (exact) mass is 573 g/mol. The van der Waals surface area contributed by atoms with Gasteiger partial charge in [0.2, 0.25) is 0 Å². The summed E-state index contributed by atoms with van der Waals surface area (Å²) in [5, 5.41) is 1.57. The van der Waals surface area contributed by atoms with E-state index < -0.39 is 8.07 Å². The minimum absolute atomic E-state index is 0.243. The predicted octanol–water partition coefficient (Wildman–Crippen LogP) is 9.02. The van der Waals surface area contributed by atoms with Crippen LogP contribution in [0.25, 0.3) is 22.3 Å². The van der Waals surface area contributed by atoms with Crippen LogP contribution < -0.4 is 9.11 Å². The first kappa shape index (κ1) is 23.9. The highest BCUT2D eigenvalue weighted by Crippen LogP contribution is 2.55. The Hall–Kier alpha value is -3.14. The topological polar surface area (TPSA) is 3.24 Å². The molecule has 0 bridgehead atoms. The van der Waals surface area contributed by atoms with Crippen molar-refractivity contribution in [2.75, 3.05) is 3.93 Å². The Balaban J connectivity index is 1.45. The Bertz CT molecular complexity index is 1650. The van der Waals surface area contributed by atoms with Crippen molar-refractivity contribution in [1.82, 2.24) is 0 Å². The van der Waals surface area contributed by atoms with Gasteiger partial charge in [0.05, 0.1) is 36.0 Å². The van der Waals surface area contributed by atoms with E-state index in [-0.39, 0.29) is 6.04 Å². The molecule has 0 radical (unpaired) electrons. The number of rotatable bonds is 3. The van der Waals surface area contributed by atoms with Crippen LogP contribution in [-0.4, -0.2) is 14.1 Å². The Morgan fingerprint density at radius 2 is 1.29 bits per heavy atom. The summed E-state index contributed by atoms with van der Waals surface area (Å²) in [5.74, 6) is 0. The Morgan fingerprint density at radius 3 is 1.92 bits per heavy atom. The number of halogens is 1. The number of benzene rings is 4. The second-order valence-electron chi connectivity index (χ2n) is 11.7. The number of nitrogens with zero attached hydrogens (tertiary/aromatic N) is 1. The van der Waals surface area contributed by atoms with Crippen LogP contribution in [0.1, 0.15) is 47.2 Å². The van der Waals surface area contributed by atoms with Crippen LogP contribution in [0, 0.1) is 6.92 Å². The van der Waals surface area contributed by atoms with Crippen molar-refractivity contribution in [3.63, 3.8) is 0 Å². The largest absolute Gasteiger partial charge is 0.297 e. The van der Waals surface area contributed by atoms with Crippen LogP contribution in [0.3, 0.4) is 0 Å². The molecule has 0 aromatic heterocycles. The van der Waals surface area contributed by atoms with Crippen molar-refractivity contribution >= 4 is 46.2 Å². The van der Waals surface area contributed by atoms with Crippen LogP contribution in [0.4, 0.5) is 5.69 Å². The maximum absolute atomic E-state index is 4.01. The summed E-state index contributed by atoms with van der Waals surface area (Å²) in [4.78, 5) is 0. The number of fused-ring (bicyclic) bond motifs is 6. The van der Waals surface area contributed by atoms with E-state index in [1.807, 2.05) is 0 Å². The van der Waals surface area contributed by atoms with Crippen molar-refractivity contribution in [3.05, 3.63) is 130 Å². The quantitative estimate of drug-likeness (QED) is 0.174. The standard InChI is InChI=1S/C35H32BrNSi/c1-21-19-30-29(33-32(24-13-7-6-8-14-24)22(2)23(3)34(33)37(30)36)20-31(21)38(4,5)35-27-17-11-9-15-25(27)26-16-10-12-18-28(26)35/h6-20,34-35H,1-5H3. The number of hydrogen-bond donors (Lipinski definition) is 0. The smallest absolute Gasteiger partial charge is 0.0931 e. The second kappa shape index (κ2) is 8.43. The van der Waals surface area contributed by atoms with Gasteiger partial charge in [0.25, 0.3) is 0 Å². The number of anilines is 1. The Labute approximate surface area is 235 Å². The summed E-state index contributed by atoms with van der Waals surface area (Å²) in [6, 6.07) is 34.4. The highest BCUT2D eigenvalue weighted by molar-refractivity contribution is 9.10. The third-order valence-electron chi connectivity index (χ3n) is 9.32. The summed E-state index contributed by atoms with van der Waals surface area (Å²) in [6.45, 7) is 12.1. The zero-order valence-corrected chi connectivity index (χ0v) is 25.2. The van der Waals surface area contributed by atoms with Gasteiger partial charge < -0.3 is 0 Å². The van der Waals surface area contributed by atoms with E-state index in [9.17, 15) is 0 Å². The molecule has 38 heavy (non-hydrogen) atoms. The molecule has 0 saturated carbocycles. The van der Waals surface area contributed by atoms with Crippen molar-refractivity contribution in [3.8, 4) is 11.1 Å². The Kier molecular flexibility index (Phi) is 5.31. The molecule has 3 aliphatic rings. The van der Waals surface area contributed by atoms with Crippen molar-refractivity contribution in [2.45, 2.75) is 45.4 Å². The molecule has 2 aliphatic carbocycles. The van der Waals surface area contributed by atoms with E-state index >= 15 is 0 Å². The molecule has 4 aromatic carbocycles. The first-order valence-corrected chi connectivity index (χ1v) is 17.4. The molecule has 4 aromatic rings. The van der Waals surface area contributed by atoms with Crippen molar-refractivity contribution < 1.29 is 0 Å². The lowest BCUT2D eigenvalue weighted by molar-refractivity contribution is 1.02. The minimum atomic E-state index is -2.01. The normalized spacial score (nSPS) is 18.2. The van der Waals surface area contributed by atoms with Crippen LogP contribution >= 0.6 is 16.1 Å². The van der Waals surface area contributed by atoms with E-state index in [1.165, 1.54) is 66.9 Å². The molecule has 0 spiro atoms. The fourth-order valence-electron chi connectivity index (χ4n) is 7.51. The molecule has 7 rings (SSSR count). The first-order chi connectivity index (χ1) is 18.3. The molecule has 1 heterocycles. The first-order valence-electron chi connectivity index (χ1n) is 13.6. The molecule has 0 saturated heterocycles. The van der Waals surface area contributed by atoms with Gasteiger partial charge >= 0.3 is 0 Å². The second-order valence-corrected chi connectivity index (χ2v) is 17.0. The maximum atomic E-state index is 4.01. The lowest BCUT2D eigenvalue weighted by Crippen LogP contribution is -2.49. The number of aryl methyl sites for hydroxylation is 1. The molecule has 1 atom stereocenters. The van der Waals surface area contributed by atoms with E-state index in [0.717, 1.165) is 0 Å². The average Bonchev–Trinajstić information content (AvgIpc) is 3.50. The third-order valence-corrected chi connectivity index (χ3v) is 14.1. The molecule has 0 N–H and O–H groups in total. The lowest BCUT2D eigenvalue weighted by Gasteiger charge is -2.34. The molecular weight excluding hydrogens is 542 g/mol. The van der Waals surface area contributed by atoms with Gasteiger partial charge in [-0.05, 0) is 82.5 Å². The summed E-state index contributed by atoms with van der Waals surface area (Å²) in [5.41, 5.74) is 17.4. The molecule has 0 amide bonds. The highest BCUT2D eigenvalue weighted by atomic mass is 79.9. The zero-order valence-electron chi connectivity index (χ0n) is 22.6. The van der Waals surface area contributed by atoms with Crippen LogP contribution in [-0.2, 0) is 0 Å². The summed E-state index contributed by atoms with van der Waals surface area (Å²) < 4.78 is 2.33. The fraction of sp³-hybridized carbons (Fsp3) is 0.200. The third kappa shape index (κ3) is 3.15. The number of allylic oxidation sites excluding steroid dienone is 2. The molecule has 1 unspecified atom stereocenters. The van der Waals surface area contributed by atoms with Crippen LogP contribution in [0.5, 0.6) is 0 Å². The van der Waals surface area contributed by atoms with E-state index in [1.54, 1.807) is 5.19 Å². The van der Waals surface area contributed by atoms with Gasteiger partial charge in [0.15, 0.2) is 0 Å². The SMILES string of the molecule is CC1=C(C)C2C(=C1c1ccccc1)c1cc([Si](C)(C)C3c4ccccc4-c4ccccc43)c(C)cc1N2Br. The van der Waals surface area contributed by atoms with Gasteiger partial charge in [-0.2, -0.15) is 0 Å². The van der Waals surface area contributed by atoms with E-state index in [2.05, 4.69) is 145 Å². The molecule has 3 heteroatoms. The number of hydrogen-bond acceptors (Lipinski definition) is 1. The Morgan fingerprint density at radius 1 is 0.711 bits per heavy atom. The van der Waals surface area contributed by atoms with E-state index in [0.29, 0.717) is 5.54 Å². The lowest BCUT2D eigenvalue weighted by atomic mass is 9.93. The molecule has 0 fully saturated rings. The molecule has 188 valence electrons. The van der Waals surface area contributed by atoms with Gasteiger partial charge in [0.1, 0.15) is 0 Å².